The van der Waals surface area contributed by atoms with E-state index < -0.39 is 24.1 Å². The number of aliphatic hydroxyl groups excluding tert-OH is 2. The summed E-state index contributed by atoms with van der Waals surface area (Å²) < 4.78 is 18.6. The van der Waals surface area contributed by atoms with E-state index in [-0.39, 0.29) is 12.4 Å². The first-order valence-electron chi connectivity index (χ1n) is 7.95. The van der Waals surface area contributed by atoms with Crippen LogP contribution in [0.3, 0.4) is 0 Å². The van der Waals surface area contributed by atoms with Crippen molar-refractivity contribution in [3.05, 3.63) is 41.9 Å². The molecular weight excluding hydrogens is 383 g/mol. The number of halogens is 2. The lowest BCUT2D eigenvalue weighted by Crippen LogP contribution is -2.45. The first kappa shape index (κ1) is 20.8. The number of rotatable bonds is 6. The summed E-state index contributed by atoms with van der Waals surface area (Å²) in [5, 5.41) is 21.1. The highest BCUT2D eigenvalue weighted by atomic mass is 35.5. The lowest BCUT2D eigenvalue weighted by atomic mass is 10.0. The molecule has 0 amide bonds. The molecule has 1 aromatic heterocycles. The van der Waals surface area contributed by atoms with Crippen LogP contribution in [-0.4, -0.2) is 51.0 Å². The summed E-state index contributed by atoms with van der Waals surface area (Å²) >= 11 is 6.18. The molecule has 9 heteroatoms. The molecule has 3 rings (SSSR count). The van der Waals surface area contributed by atoms with Crippen LogP contribution in [0.25, 0.3) is 0 Å². The molecule has 4 atom stereocenters. The van der Waals surface area contributed by atoms with Crippen molar-refractivity contribution < 1.29 is 24.4 Å². The number of benzene rings is 1. The van der Waals surface area contributed by atoms with Crippen molar-refractivity contribution in [3.63, 3.8) is 0 Å². The third-order valence-electron chi connectivity index (χ3n) is 4.31. The van der Waals surface area contributed by atoms with Crippen LogP contribution >= 0.6 is 24.0 Å². The lowest BCUT2D eigenvalue weighted by molar-refractivity contribution is -0.196. The van der Waals surface area contributed by atoms with Crippen LogP contribution < -0.4 is 9.47 Å². The Kier molecular flexibility index (Phi) is 6.76. The van der Waals surface area contributed by atoms with Gasteiger partial charge in [-0.25, -0.2) is 4.98 Å². The summed E-state index contributed by atoms with van der Waals surface area (Å²) in [7, 11) is 1.54. The third-order valence-corrected chi connectivity index (χ3v) is 4.61. The van der Waals surface area contributed by atoms with Gasteiger partial charge in [-0.3, -0.25) is 0 Å². The molecule has 1 saturated heterocycles. The Morgan fingerprint density at radius 3 is 2.77 bits per heavy atom. The molecule has 0 spiro atoms. The average Bonchev–Trinajstić information content (AvgIpc) is 3.18. The normalized spacial score (nSPS) is 27.8. The number of imidazole rings is 1. The van der Waals surface area contributed by atoms with Gasteiger partial charge in [-0.1, -0.05) is 11.6 Å². The highest BCUT2D eigenvalue weighted by Gasteiger charge is 2.53. The fraction of sp³-hybridized carbons (Fsp3) is 0.471. The summed E-state index contributed by atoms with van der Waals surface area (Å²) in [6.07, 6.45) is 2.85. The maximum atomic E-state index is 10.4. The topological polar surface area (TPSA) is 86.0 Å². The number of aromatic nitrogens is 2. The Morgan fingerprint density at radius 1 is 1.38 bits per heavy atom. The largest absolute Gasteiger partial charge is 0.497 e. The molecule has 2 N–H and O–H groups in total. The first-order chi connectivity index (χ1) is 11.9. The van der Waals surface area contributed by atoms with Gasteiger partial charge in [-0.05, 0) is 18.6 Å². The Hall–Kier alpha value is -1.51. The van der Waals surface area contributed by atoms with E-state index in [1.54, 1.807) is 44.8 Å². The lowest BCUT2D eigenvalue weighted by Gasteiger charge is -2.29. The summed E-state index contributed by atoms with van der Waals surface area (Å²) in [6.45, 7) is 2.19. The molecule has 1 fully saturated rings. The van der Waals surface area contributed by atoms with Gasteiger partial charge in [-0.15, -0.1) is 12.4 Å². The van der Waals surface area contributed by atoms with E-state index in [1.165, 1.54) is 0 Å². The second kappa shape index (κ2) is 8.45. The summed E-state index contributed by atoms with van der Waals surface area (Å²) in [5.74, 6) is -0.475. The zero-order chi connectivity index (χ0) is 18.0. The molecule has 0 unspecified atom stereocenters. The monoisotopic (exact) mass is 404 g/mol. The fourth-order valence-corrected chi connectivity index (χ4v) is 3.08. The molecule has 1 aromatic carbocycles. The molecule has 26 heavy (non-hydrogen) atoms. The fourth-order valence-electron chi connectivity index (χ4n) is 2.87. The third kappa shape index (κ3) is 4.24. The molecule has 144 valence electrons. The standard InChI is InChI=1S/C17H21ClN2O5.ClH/c1-17(24-13-4-3-11(23-2)9-12(13)18)16(22)15(21)14(25-17)5-7-20-8-6-19-10-20;/h3-4,6,8-10,14-16,21-22H,5,7H2,1-2H3;1H/t14-,15+,16+,17-;/m0./s1. The van der Waals surface area contributed by atoms with Crippen molar-refractivity contribution in [2.75, 3.05) is 7.11 Å². The van der Waals surface area contributed by atoms with E-state index >= 15 is 0 Å². The van der Waals surface area contributed by atoms with Crippen molar-refractivity contribution in [2.45, 2.75) is 44.0 Å². The molecule has 7 nitrogen and oxygen atoms in total. The highest BCUT2D eigenvalue weighted by molar-refractivity contribution is 6.32. The van der Waals surface area contributed by atoms with Crippen LogP contribution in [0.2, 0.25) is 5.02 Å². The average molecular weight is 405 g/mol. The number of aryl methyl sites for hydroxylation is 1. The number of methoxy groups -OCH3 is 1. The van der Waals surface area contributed by atoms with Gasteiger partial charge in [0, 0.05) is 31.9 Å². The minimum absolute atomic E-state index is 0. The second-order valence-electron chi connectivity index (χ2n) is 6.10. The first-order valence-corrected chi connectivity index (χ1v) is 8.33. The van der Waals surface area contributed by atoms with Crippen LogP contribution in [-0.2, 0) is 11.3 Å². The number of hydrogen-bond donors (Lipinski definition) is 2. The van der Waals surface area contributed by atoms with Crippen molar-refractivity contribution in [1.29, 1.82) is 0 Å². The van der Waals surface area contributed by atoms with Crippen LogP contribution in [0.1, 0.15) is 13.3 Å². The van der Waals surface area contributed by atoms with Crippen molar-refractivity contribution >= 4 is 24.0 Å². The van der Waals surface area contributed by atoms with Crippen LogP contribution in [0.15, 0.2) is 36.9 Å². The summed E-state index contributed by atoms with van der Waals surface area (Å²) in [6, 6.07) is 4.93. The Labute approximate surface area is 162 Å². The van der Waals surface area contributed by atoms with E-state index in [4.69, 9.17) is 25.8 Å². The molecule has 0 saturated carbocycles. The molecule has 2 heterocycles. The molecule has 1 aliphatic rings. The number of nitrogens with zero attached hydrogens (tertiary/aromatic N) is 2. The quantitative estimate of drug-likeness (QED) is 0.767. The predicted molar refractivity (Wildman–Crippen MR) is 98.0 cm³/mol. The predicted octanol–water partition coefficient (Wildman–Crippen LogP) is 2.27. The highest BCUT2D eigenvalue weighted by Crippen LogP contribution is 2.38. The van der Waals surface area contributed by atoms with Crippen molar-refractivity contribution in [2.24, 2.45) is 0 Å². The zero-order valence-corrected chi connectivity index (χ0v) is 16.0. The van der Waals surface area contributed by atoms with Crippen molar-refractivity contribution in [3.8, 4) is 11.5 Å². The Bertz CT molecular complexity index is 715. The second-order valence-corrected chi connectivity index (χ2v) is 6.50. The molecule has 0 radical (unpaired) electrons. The molecule has 1 aliphatic heterocycles. The maximum absolute atomic E-state index is 10.4. The maximum Gasteiger partial charge on any atom is 0.236 e. The Morgan fingerprint density at radius 2 is 2.15 bits per heavy atom. The minimum Gasteiger partial charge on any atom is -0.497 e. The minimum atomic E-state index is -1.41. The van der Waals surface area contributed by atoms with Crippen LogP contribution in [0.4, 0.5) is 0 Å². The number of aliphatic hydroxyl groups is 2. The van der Waals surface area contributed by atoms with Crippen LogP contribution in [0, 0.1) is 0 Å². The summed E-state index contributed by atoms with van der Waals surface area (Å²) in [4.78, 5) is 3.97. The van der Waals surface area contributed by atoms with Gasteiger partial charge in [0.15, 0.2) is 0 Å². The van der Waals surface area contributed by atoms with Crippen LogP contribution in [0.5, 0.6) is 11.5 Å². The van der Waals surface area contributed by atoms with E-state index in [0.29, 0.717) is 29.5 Å². The van der Waals surface area contributed by atoms with Gasteiger partial charge >= 0.3 is 0 Å². The van der Waals surface area contributed by atoms with E-state index in [2.05, 4.69) is 4.98 Å². The molecule has 2 aromatic rings. The molecule has 0 bridgehead atoms. The van der Waals surface area contributed by atoms with Gasteiger partial charge in [0.05, 0.1) is 24.6 Å². The summed E-state index contributed by atoms with van der Waals surface area (Å²) in [5.41, 5.74) is 0. The van der Waals surface area contributed by atoms with Gasteiger partial charge in [-0.2, -0.15) is 0 Å². The van der Waals surface area contributed by atoms with Gasteiger partial charge in [0.1, 0.15) is 23.7 Å². The van der Waals surface area contributed by atoms with Crippen molar-refractivity contribution in [1.82, 2.24) is 9.55 Å². The van der Waals surface area contributed by atoms with E-state index in [0.717, 1.165) is 0 Å². The van der Waals surface area contributed by atoms with Gasteiger partial charge in [0.2, 0.25) is 5.79 Å². The Balaban J connectivity index is 0.00000243. The molecular formula is C17H22Cl2N2O5. The van der Waals surface area contributed by atoms with Gasteiger partial charge in [0.25, 0.3) is 0 Å². The molecule has 0 aliphatic carbocycles. The number of ether oxygens (including phenoxy) is 3. The van der Waals surface area contributed by atoms with E-state index in [1.807, 2.05) is 10.8 Å². The smallest absolute Gasteiger partial charge is 0.236 e. The van der Waals surface area contributed by atoms with E-state index in [9.17, 15) is 10.2 Å². The number of hydrogen-bond acceptors (Lipinski definition) is 6. The zero-order valence-electron chi connectivity index (χ0n) is 14.4. The van der Waals surface area contributed by atoms with Gasteiger partial charge < -0.3 is 29.0 Å². The SMILES string of the molecule is COc1ccc(O[C@@]2(C)O[C@@H](CCn3ccnc3)[C@@H](O)[C@H]2O)c(Cl)c1.Cl.